The second kappa shape index (κ2) is 3.17. The van der Waals surface area contributed by atoms with Crippen molar-refractivity contribution in [2.24, 2.45) is 5.73 Å². The number of nitrogens with two attached hydrogens (primary N) is 1. The van der Waals surface area contributed by atoms with Crippen molar-refractivity contribution in [3.63, 3.8) is 0 Å². The molecular formula is C6H6ClN3. The SMILES string of the molecule is N/C=C/c1cncnc1Cl. The van der Waals surface area contributed by atoms with Crippen LogP contribution in [0.5, 0.6) is 0 Å². The van der Waals surface area contributed by atoms with Crippen LogP contribution in [-0.4, -0.2) is 9.97 Å². The fourth-order valence-electron chi connectivity index (χ4n) is 0.541. The zero-order valence-electron chi connectivity index (χ0n) is 5.16. The molecule has 0 fully saturated rings. The van der Waals surface area contributed by atoms with Crippen LogP contribution in [0, 0.1) is 0 Å². The molecule has 0 aromatic carbocycles. The van der Waals surface area contributed by atoms with Crippen molar-refractivity contribution in [1.82, 2.24) is 9.97 Å². The van der Waals surface area contributed by atoms with Crippen molar-refractivity contribution in [1.29, 1.82) is 0 Å². The highest BCUT2D eigenvalue weighted by Crippen LogP contribution is 2.10. The van der Waals surface area contributed by atoms with Gasteiger partial charge in [-0.1, -0.05) is 11.6 Å². The molecule has 0 spiro atoms. The van der Waals surface area contributed by atoms with Gasteiger partial charge in [-0.3, -0.25) is 0 Å². The summed E-state index contributed by atoms with van der Waals surface area (Å²) in [5.74, 6) is 0. The van der Waals surface area contributed by atoms with Crippen LogP contribution in [0.1, 0.15) is 5.56 Å². The van der Waals surface area contributed by atoms with Gasteiger partial charge in [-0.2, -0.15) is 0 Å². The van der Waals surface area contributed by atoms with E-state index in [1.807, 2.05) is 0 Å². The number of hydrogen-bond donors (Lipinski definition) is 1. The highest BCUT2D eigenvalue weighted by Gasteiger charge is 1.93. The molecule has 10 heavy (non-hydrogen) atoms. The Kier molecular flexibility index (Phi) is 2.23. The lowest BCUT2D eigenvalue weighted by atomic mass is 10.3. The Bertz CT molecular complexity index is 247. The molecule has 0 unspecified atom stereocenters. The van der Waals surface area contributed by atoms with E-state index in [0.717, 1.165) is 5.56 Å². The van der Waals surface area contributed by atoms with Gasteiger partial charge in [0.1, 0.15) is 11.5 Å². The summed E-state index contributed by atoms with van der Waals surface area (Å²) in [7, 11) is 0. The van der Waals surface area contributed by atoms with Gasteiger partial charge in [-0.15, -0.1) is 0 Å². The van der Waals surface area contributed by atoms with Gasteiger partial charge >= 0.3 is 0 Å². The number of hydrogen-bond acceptors (Lipinski definition) is 3. The first-order chi connectivity index (χ1) is 4.84. The molecule has 1 aromatic rings. The van der Waals surface area contributed by atoms with Gasteiger partial charge in [0.2, 0.25) is 0 Å². The third-order valence-electron chi connectivity index (χ3n) is 0.965. The van der Waals surface area contributed by atoms with Crippen molar-refractivity contribution >= 4 is 17.7 Å². The standard InChI is InChI=1S/C6H6ClN3/c7-6-5(1-2-8)3-9-4-10-6/h1-4H,8H2/b2-1+. The Hall–Kier alpha value is -1.09. The summed E-state index contributed by atoms with van der Waals surface area (Å²) in [5.41, 5.74) is 5.86. The maximum absolute atomic E-state index is 5.65. The second-order valence-corrected chi connectivity index (χ2v) is 1.99. The molecule has 0 aliphatic carbocycles. The molecular weight excluding hydrogens is 150 g/mol. The third kappa shape index (κ3) is 1.45. The molecule has 0 atom stereocenters. The average molecular weight is 156 g/mol. The molecule has 1 rings (SSSR count). The van der Waals surface area contributed by atoms with Crippen LogP contribution in [0.25, 0.3) is 6.08 Å². The van der Waals surface area contributed by atoms with E-state index in [9.17, 15) is 0 Å². The molecule has 0 radical (unpaired) electrons. The van der Waals surface area contributed by atoms with Crippen LogP contribution in [0.2, 0.25) is 5.15 Å². The molecule has 0 aliphatic rings. The highest BCUT2D eigenvalue weighted by molar-refractivity contribution is 6.30. The number of nitrogens with zero attached hydrogens (tertiary/aromatic N) is 2. The van der Waals surface area contributed by atoms with Gasteiger partial charge in [0.15, 0.2) is 0 Å². The fourth-order valence-corrected chi connectivity index (χ4v) is 0.696. The van der Waals surface area contributed by atoms with E-state index in [4.69, 9.17) is 17.3 Å². The van der Waals surface area contributed by atoms with Gasteiger partial charge in [0.05, 0.1) is 0 Å². The molecule has 0 saturated heterocycles. The third-order valence-corrected chi connectivity index (χ3v) is 1.28. The lowest BCUT2D eigenvalue weighted by Crippen LogP contribution is -1.84. The van der Waals surface area contributed by atoms with E-state index in [2.05, 4.69) is 9.97 Å². The van der Waals surface area contributed by atoms with E-state index in [-0.39, 0.29) is 0 Å². The topological polar surface area (TPSA) is 51.8 Å². The van der Waals surface area contributed by atoms with Crippen LogP contribution < -0.4 is 5.73 Å². The minimum absolute atomic E-state index is 0.414. The number of rotatable bonds is 1. The first kappa shape index (κ1) is 7.02. The molecule has 1 heterocycles. The minimum atomic E-state index is 0.414. The lowest BCUT2D eigenvalue weighted by molar-refractivity contribution is 1.16. The van der Waals surface area contributed by atoms with Gasteiger partial charge in [-0.25, -0.2) is 9.97 Å². The zero-order chi connectivity index (χ0) is 7.40. The second-order valence-electron chi connectivity index (χ2n) is 1.63. The van der Waals surface area contributed by atoms with Crippen molar-refractivity contribution in [3.05, 3.63) is 29.4 Å². The van der Waals surface area contributed by atoms with Crippen LogP contribution in [0.3, 0.4) is 0 Å². The monoisotopic (exact) mass is 155 g/mol. The lowest BCUT2D eigenvalue weighted by Gasteiger charge is -1.91. The van der Waals surface area contributed by atoms with E-state index in [1.165, 1.54) is 12.5 Å². The summed E-state index contributed by atoms with van der Waals surface area (Å²) in [6.07, 6.45) is 6.02. The summed E-state index contributed by atoms with van der Waals surface area (Å²) in [4.78, 5) is 7.51. The predicted octanol–water partition coefficient (Wildman–Crippen LogP) is 1.06. The van der Waals surface area contributed by atoms with Gasteiger partial charge in [0, 0.05) is 11.8 Å². The van der Waals surface area contributed by atoms with Crippen molar-refractivity contribution in [2.45, 2.75) is 0 Å². The smallest absolute Gasteiger partial charge is 0.139 e. The Morgan fingerprint density at radius 2 is 2.40 bits per heavy atom. The van der Waals surface area contributed by atoms with Crippen molar-refractivity contribution in [2.75, 3.05) is 0 Å². The van der Waals surface area contributed by atoms with E-state index in [1.54, 1.807) is 12.3 Å². The molecule has 0 aliphatic heterocycles. The minimum Gasteiger partial charge on any atom is -0.405 e. The quantitative estimate of drug-likeness (QED) is 0.617. The molecule has 0 amide bonds. The van der Waals surface area contributed by atoms with Crippen molar-refractivity contribution in [3.8, 4) is 0 Å². The predicted molar refractivity (Wildman–Crippen MR) is 40.3 cm³/mol. The average Bonchev–Trinajstić information content (AvgIpc) is 1.94. The van der Waals surface area contributed by atoms with E-state index >= 15 is 0 Å². The van der Waals surface area contributed by atoms with Gasteiger partial charge in [-0.05, 0) is 12.3 Å². The summed E-state index contributed by atoms with van der Waals surface area (Å²) >= 11 is 5.65. The Labute approximate surface area is 63.6 Å². The summed E-state index contributed by atoms with van der Waals surface area (Å²) in [6, 6.07) is 0. The summed E-state index contributed by atoms with van der Waals surface area (Å²) in [5, 5.41) is 0.414. The maximum atomic E-state index is 5.65. The summed E-state index contributed by atoms with van der Waals surface area (Å²) in [6.45, 7) is 0. The Balaban J connectivity index is 3.03. The Morgan fingerprint density at radius 1 is 1.60 bits per heavy atom. The van der Waals surface area contributed by atoms with Crippen LogP contribution in [0.4, 0.5) is 0 Å². The molecule has 1 aromatic heterocycles. The number of aromatic nitrogens is 2. The number of halogens is 1. The fraction of sp³-hybridized carbons (Fsp3) is 0. The Morgan fingerprint density at radius 3 is 3.00 bits per heavy atom. The van der Waals surface area contributed by atoms with Crippen LogP contribution in [-0.2, 0) is 0 Å². The normalized spacial score (nSPS) is 10.5. The highest BCUT2D eigenvalue weighted by atomic mass is 35.5. The molecule has 2 N–H and O–H groups in total. The van der Waals surface area contributed by atoms with Crippen LogP contribution in [0.15, 0.2) is 18.7 Å². The first-order valence-electron chi connectivity index (χ1n) is 2.68. The first-order valence-corrected chi connectivity index (χ1v) is 3.06. The van der Waals surface area contributed by atoms with E-state index < -0.39 is 0 Å². The van der Waals surface area contributed by atoms with E-state index in [0.29, 0.717) is 5.15 Å². The van der Waals surface area contributed by atoms with Crippen molar-refractivity contribution < 1.29 is 0 Å². The maximum Gasteiger partial charge on any atom is 0.139 e. The van der Waals surface area contributed by atoms with Gasteiger partial charge < -0.3 is 5.73 Å². The molecule has 4 heteroatoms. The molecule has 3 nitrogen and oxygen atoms in total. The molecule has 0 saturated carbocycles. The summed E-state index contributed by atoms with van der Waals surface area (Å²) < 4.78 is 0. The largest absolute Gasteiger partial charge is 0.405 e. The molecule has 0 bridgehead atoms. The van der Waals surface area contributed by atoms with Gasteiger partial charge in [0.25, 0.3) is 0 Å². The van der Waals surface area contributed by atoms with Crippen LogP contribution >= 0.6 is 11.6 Å². The zero-order valence-corrected chi connectivity index (χ0v) is 5.92. The molecule has 52 valence electrons.